The molecule has 228 valence electrons. The smallest absolute Gasteiger partial charge is 0.249 e. The zero-order chi connectivity index (χ0) is 30.3. The topological polar surface area (TPSA) is 90.4 Å². The maximum absolute atomic E-state index is 14.7. The SMILES string of the molecule is CC(C)(C)CC(C)(C)N1CC=C[C@]23O[C@@H]4C=CCN(Cc5ccccc5)C(=O)[C@@H]4[C@H]2C(=O)N(CCCCCO)C3C1=O. The molecule has 1 N–H and O–H groups in total. The molecular formula is C34H47N3O5. The molecule has 8 heteroatoms. The molecule has 4 heterocycles. The highest BCUT2D eigenvalue weighted by Gasteiger charge is 2.72. The van der Waals surface area contributed by atoms with E-state index >= 15 is 0 Å². The number of hydrogen-bond acceptors (Lipinski definition) is 5. The first-order chi connectivity index (χ1) is 19.9. The largest absolute Gasteiger partial charge is 0.396 e. The van der Waals surface area contributed by atoms with Gasteiger partial charge >= 0.3 is 0 Å². The minimum Gasteiger partial charge on any atom is -0.396 e. The second kappa shape index (κ2) is 11.6. The molecule has 2 fully saturated rings. The second-order valence-electron chi connectivity index (χ2n) is 14.2. The Morgan fingerprint density at radius 3 is 2.36 bits per heavy atom. The Kier molecular flexibility index (Phi) is 8.42. The molecular weight excluding hydrogens is 530 g/mol. The molecule has 5 atom stereocenters. The highest BCUT2D eigenvalue weighted by Crippen LogP contribution is 2.54. The summed E-state index contributed by atoms with van der Waals surface area (Å²) in [7, 11) is 0. The fourth-order valence-electron chi connectivity index (χ4n) is 7.88. The first kappa shape index (κ1) is 30.5. The van der Waals surface area contributed by atoms with Crippen LogP contribution < -0.4 is 0 Å². The molecule has 0 bridgehead atoms. The van der Waals surface area contributed by atoms with Crippen molar-refractivity contribution in [2.75, 3.05) is 26.2 Å². The van der Waals surface area contributed by atoms with E-state index in [4.69, 9.17) is 4.74 Å². The highest BCUT2D eigenvalue weighted by atomic mass is 16.5. The third-order valence-electron chi connectivity index (χ3n) is 9.21. The van der Waals surface area contributed by atoms with Crippen molar-refractivity contribution in [3.05, 3.63) is 60.2 Å². The number of unbranched alkanes of at least 4 members (excludes halogenated alkanes) is 2. The van der Waals surface area contributed by atoms with Crippen molar-refractivity contribution in [2.45, 2.75) is 90.1 Å². The molecule has 0 saturated carbocycles. The molecule has 3 amide bonds. The lowest BCUT2D eigenvalue weighted by atomic mass is 9.77. The van der Waals surface area contributed by atoms with Gasteiger partial charge in [-0.15, -0.1) is 0 Å². The van der Waals surface area contributed by atoms with Crippen molar-refractivity contribution in [3.63, 3.8) is 0 Å². The van der Waals surface area contributed by atoms with Gasteiger partial charge < -0.3 is 24.5 Å². The van der Waals surface area contributed by atoms with Crippen LogP contribution in [0.4, 0.5) is 0 Å². The number of aliphatic hydroxyl groups is 1. The van der Waals surface area contributed by atoms with Crippen molar-refractivity contribution in [1.29, 1.82) is 0 Å². The Morgan fingerprint density at radius 2 is 1.67 bits per heavy atom. The normalized spacial score (nSPS) is 29.5. The maximum atomic E-state index is 14.7. The van der Waals surface area contributed by atoms with Crippen LogP contribution in [0.1, 0.15) is 65.9 Å². The van der Waals surface area contributed by atoms with Gasteiger partial charge in [0.05, 0.1) is 17.9 Å². The van der Waals surface area contributed by atoms with Gasteiger partial charge in [0.15, 0.2) is 0 Å². The zero-order valence-corrected chi connectivity index (χ0v) is 25.8. The van der Waals surface area contributed by atoms with E-state index < -0.39 is 35.1 Å². The van der Waals surface area contributed by atoms with Gasteiger partial charge in [-0.3, -0.25) is 14.4 Å². The number of nitrogens with zero attached hydrogens (tertiary/aromatic N) is 3. The summed E-state index contributed by atoms with van der Waals surface area (Å²) < 4.78 is 6.80. The van der Waals surface area contributed by atoms with Crippen LogP contribution in [0.25, 0.3) is 0 Å². The summed E-state index contributed by atoms with van der Waals surface area (Å²) in [6.07, 6.45) is 10.0. The van der Waals surface area contributed by atoms with Crippen LogP contribution >= 0.6 is 0 Å². The quantitative estimate of drug-likeness (QED) is 0.355. The van der Waals surface area contributed by atoms with Crippen LogP contribution in [0.2, 0.25) is 0 Å². The van der Waals surface area contributed by atoms with Gasteiger partial charge in [0, 0.05) is 38.3 Å². The Balaban J connectivity index is 1.52. The van der Waals surface area contributed by atoms with Gasteiger partial charge in [-0.05, 0) is 50.5 Å². The number of likely N-dealkylation sites (tertiary alicyclic amines) is 1. The van der Waals surface area contributed by atoms with E-state index in [-0.39, 0.29) is 29.7 Å². The van der Waals surface area contributed by atoms with Crippen LogP contribution in [-0.4, -0.2) is 87.1 Å². The first-order valence-corrected chi connectivity index (χ1v) is 15.5. The van der Waals surface area contributed by atoms with Crippen molar-refractivity contribution in [2.24, 2.45) is 17.3 Å². The van der Waals surface area contributed by atoms with Crippen LogP contribution in [0.15, 0.2) is 54.6 Å². The minimum atomic E-state index is -1.22. The summed E-state index contributed by atoms with van der Waals surface area (Å²) >= 11 is 0. The first-order valence-electron chi connectivity index (χ1n) is 15.5. The molecule has 1 aromatic carbocycles. The lowest BCUT2D eigenvalue weighted by Gasteiger charge is -2.44. The average molecular weight is 578 g/mol. The molecule has 5 rings (SSSR count). The average Bonchev–Trinajstić information content (AvgIpc) is 3.22. The van der Waals surface area contributed by atoms with Gasteiger partial charge in [-0.25, -0.2) is 0 Å². The van der Waals surface area contributed by atoms with E-state index in [0.717, 1.165) is 18.4 Å². The van der Waals surface area contributed by atoms with Crippen LogP contribution in [0, 0.1) is 17.3 Å². The Morgan fingerprint density at radius 1 is 0.929 bits per heavy atom. The minimum absolute atomic E-state index is 0.00796. The summed E-state index contributed by atoms with van der Waals surface area (Å²) in [6, 6.07) is 9.01. The molecule has 8 nitrogen and oxygen atoms in total. The van der Waals surface area contributed by atoms with E-state index in [9.17, 15) is 19.5 Å². The monoisotopic (exact) mass is 577 g/mol. The number of rotatable bonds is 9. The summed E-state index contributed by atoms with van der Waals surface area (Å²) in [5.74, 6) is -1.92. The van der Waals surface area contributed by atoms with Gasteiger partial charge in [-0.1, -0.05) is 75.4 Å². The van der Waals surface area contributed by atoms with Gasteiger partial charge in [0.2, 0.25) is 17.7 Å². The van der Waals surface area contributed by atoms with Gasteiger partial charge in [-0.2, -0.15) is 0 Å². The van der Waals surface area contributed by atoms with Crippen molar-refractivity contribution in [3.8, 4) is 0 Å². The second-order valence-corrected chi connectivity index (χ2v) is 14.2. The summed E-state index contributed by atoms with van der Waals surface area (Å²) in [4.78, 5) is 48.7. The van der Waals surface area contributed by atoms with Crippen LogP contribution in [0.3, 0.4) is 0 Å². The molecule has 42 heavy (non-hydrogen) atoms. The van der Waals surface area contributed by atoms with E-state index in [1.165, 1.54) is 0 Å². The number of fused-ring (bicyclic) bond motifs is 2. The molecule has 0 aliphatic carbocycles. The predicted molar refractivity (Wildman–Crippen MR) is 161 cm³/mol. The van der Waals surface area contributed by atoms with E-state index in [1.807, 2.05) is 59.5 Å². The number of carbonyl (C=O) groups excluding carboxylic acids is 3. The van der Waals surface area contributed by atoms with Crippen LogP contribution in [-0.2, 0) is 25.7 Å². The Labute approximate surface area is 250 Å². The zero-order valence-electron chi connectivity index (χ0n) is 25.8. The summed E-state index contributed by atoms with van der Waals surface area (Å²) in [5, 5.41) is 9.32. The fourth-order valence-corrected chi connectivity index (χ4v) is 7.88. The molecule has 1 spiro atoms. The lowest BCUT2D eigenvalue weighted by Crippen LogP contribution is -2.59. The lowest BCUT2D eigenvalue weighted by molar-refractivity contribution is -0.152. The summed E-state index contributed by atoms with van der Waals surface area (Å²) in [5.41, 5.74) is -0.664. The number of ether oxygens (including phenoxy) is 1. The van der Waals surface area contributed by atoms with E-state index in [0.29, 0.717) is 39.0 Å². The van der Waals surface area contributed by atoms with Gasteiger partial charge in [0.25, 0.3) is 0 Å². The molecule has 4 aliphatic heterocycles. The predicted octanol–water partition coefficient (Wildman–Crippen LogP) is 3.94. The van der Waals surface area contributed by atoms with E-state index in [1.54, 1.807) is 9.80 Å². The van der Waals surface area contributed by atoms with Gasteiger partial charge in [0.1, 0.15) is 11.6 Å². The summed E-state index contributed by atoms with van der Waals surface area (Å²) in [6.45, 7) is 12.5. The standard InChI is InChI=1S/C34H47N3O5/c1-32(2,3)23-33(4,5)37-20-13-17-34-27(30(40)36(28(34)31(37)41)19-10-7-11-21-38)26-25(42-34)16-12-18-35(29(26)39)22-24-14-8-6-9-15-24/h6,8-9,12-17,25-28,38H,7,10-11,18-23H2,1-5H3/t25-,26+,27+,28?,34+/m1/s1. The molecule has 2 saturated heterocycles. The molecule has 0 aromatic heterocycles. The van der Waals surface area contributed by atoms with Crippen molar-refractivity contribution < 1.29 is 24.2 Å². The third kappa shape index (κ3) is 5.55. The molecule has 0 radical (unpaired) electrons. The Hall–Kier alpha value is -2.97. The number of carbonyl (C=O) groups is 3. The van der Waals surface area contributed by atoms with Crippen molar-refractivity contribution >= 4 is 17.7 Å². The van der Waals surface area contributed by atoms with Crippen LogP contribution in [0.5, 0.6) is 0 Å². The number of benzene rings is 1. The molecule has 4 aliphatic rings. The van der Waals surface area contributed by atoms with Crippen molar-refractivity contribution in [1.82, 2.24) is 14.7 Å². The highest BCUT2D eigenvalue weighted by molar-refractivity contribution is 6.00. The molecule has 1 aromatic rings. The fraction of sp³-hybridized carbons (Fsp3) is 0.618. The maximum Gasteiger partial charge on any atom is 0.249 e. The number of hydrogen-bond donors (Lipinski definition) is 1. The number of aliphatic hydroxyl groups excluding tert-OH is 1. The Bertz CT molecular complexity index is 1240. The molecule has 1 unspecified atom stereocenters. The van der Waals surface area contributed by atoms with E-state index in [2.05, 4.69) is 34.6 Å². The third-order valence-corrected chi connectivity index (χ3v) is 9.21. The number of amides is 3.